The van der Waals surface area contributed by atoms with Crippen molar-refractivity contribution in [1.82, 2.24) is 14.9 Å². The molecule has 220 valence electrons. The predicted octanol–water partition coefficient (Wildman–Crippen LogP) is 5.62. The van der Waals surface area contributed by atoms with Crippen LogP contribution in [0.3, 0.4) is 0 Å². The molecule has 1 aromatic heterocycles. The molecule has 4 aliphatic rings. The monoisotopic (exact) mass is 570 g/mol. The summed E-state index contributed by atoms with van der Waals surface area (Å²) >= 11 is 0. The van der Waals surface area contributed by atoms with Crippen LogP contribution in [0.1, 0.15) is 63.5 Å². The summed E-state index contributed by atoms with van der Waals surface area (Å²) in [6.45, 7) is 3.14. The van der Waals surface area contributed by atoms with E-state index in [4.69, 9.17) is 9.72 Å². The van der Waals surface area contributed by atoms with Crippen molar-refractivity contribution in [2.75, 3.05) is 36.9 Å². The Bertz CT molecular complexity index is 1260. The lowest BCUT2D eigenvalue weighted by Gasteiger charge is -2.30. The number of ether oxygens (including phenoxy) is 1. The number of hydrogen-bond acceptors (Lipinski definition) is 6. The smallest absolute Gasteiger partial charge is 0.225 e. The predicted molar refractivity (Wildman–Crippen MR) is 150 cm³/mol. The van der Waals surface area contributed by atoms with Gasteiger partial charge in [0.25, 0.3) is 0 Å². The Hall–Kier alpha value is -3.21. The van der Waals surface area contributed by atoms with E-state index in [-0.39, 0.29) is 17.9 Å². The second-order valence-electron chi connectivity index (χ2n) is 11.8. The molecule has 3 fully saturated rings. The van der Waals surface area contributed by atoms with E-state index in [9.17, 15) is 18.0 Å². The lowest BCUT2D eigenvalue weighted by atomic mass is 9.85. The SMILES string of the molecule is O=C(C1CCC(Nc2ncc3c(n2)CCC(C[C@@H]2CCOC2)C(=Nc2c(F)cc(F)cc2F)N3)CC1)N1CCCC1. The third-order valence-corrected chi connectivity index (χ3v) is 8.93. The van der Waals surface area contributed by atoms with Gasteiger partial charge in [0.05, 0.1) is 17.6 Å². The molecule has 2 saturated heterocycles. The highest BCUT2D eigenvalue weighted by molar-refractivity contribution is 5.99. The number of nitrogens with one attached hydrogen (secondary N) is 2. The number of benzene rings is 1. The first-order valence-corrected chi connectivity index (χ1v) is 14.9. The Morgan fingerprint density at radius 1 is 1.07 bits per heavy atom. The van der Waals surface area contributed by atoms with Gasteiger partial charge in [0.2, 0.25) is 11.9 Å². The van der Waals surface area contributed by atoms with E-state index in [1.165, 1.54) is 0 Å². The third kappa shape index (κ3) is 6.50. The molecule has 6 rings (SSSR count). The highest BCUT2D eigenvalue weighted by atomic mass is 19.1. The van der Waals surface area contributed by atoms with Gasteiger partial charge in [-0.2, -0.15) is 0 Å². The molecular weight excluding hydrogens is 533 g/mol. The minimum atomic E-state index is -1.04. The summed E-state index contributed by atoms with van der Waals surface area (Å²) < 4.78 is 48.1. The van der Waals surface area contributed by atoms with E-state index in [0.717, 1.165) is 70.2 Å². The molecule has 2 N–H and O–H groups in total. The van der Waals surface area contributed by atoms with Gasteiger partial charge in [0, 0.05) is 56.3 Å². The van der Waals surface area contributed by atoms with Gasteiger partial charge >= 0.3 is 0 Å². The molecule has 8 nitrogen and oxygen atoms in total. The first-order chi connectivity index (χ1) is 19.9. The number of rotatable bonds is 6. The summed E-state index contributed by atoms with van der Waals surface area (Å²) in [5, 5.41) is 6.73. The van der Waals surface area contributed by atoms with Gasteiger partial charge in [-0.15, -0.1) is 0 Å². The number of nitrogens with zero attached hydrogens (tertiary/aromatic N) is 4. The summed E-state index contributed by atoms with van der Waals surface area (Å²) in [6, 6.07) is 1.49. The second-order valence-corrected chi connectivity index (χ2v) is 11.8. The third-order valence-electron chi connectivity index (χ3n) is 8.93. The molecule has 2 atom stereocenters. The van der Waals surface area contributed by atoms with E-state index >= 15 is 0 Å². The number of hydrogen-bond donors (Lipinski definition) is 2. The van der Waals surface area contributed by atoms with Crippen LogP contribution in [0.4, 0.5) is 30.5 Å². The molecule has 1 unspecified atom stereocenters. The molecule has 1 aliphatic carbocycles. The fraction of sp³-hybridized carbons (Fsp3) is 0.600. The summed E-state index contributed by atoms with van der Waals surface area (Å²) in [5.41, 5.74) is 0.934. The Labute approximate surface area is 238 Å². The number of aromatic nitrogens is 2. The fourth-order valence-electron chi connectivity index (χ4n) is 6.61. The van der Waals surface area contributed by atoms with Gasteiger partial charge in [0.15, 0.2) is 11.6 Å². The summed E-state index contributed by atoms with van der Waals surface area (Å²) in [7, 11) is 0. The number of aliphatic imine (C=N–C) groups is 1. The van der Waals surface area contributed by atoms with Crippen LogP contribution in [0, 0.1) is 35.2 Å². The fourth-order valence-corrected chi connectivity index (χ4v) is 6.61. The standard InChI is InChI=1S/C30H37F3N6O2/c31-21-14-23(32)27(24(33)15-21)38-28-20(13-18-9-12-41-17-18)5-8-25-26(36-28)16-34-30(37-25)35-22-6-3-19(4-7-22)29(40)39-10-1-2-11-39/h14-16,18-20,22H,1-13,17H2,(H,36,38)(H,34,35,37)/t18-,19?,20?,22?/m0/s1. The van der Waals surface area contributed by atoms with Crippen molar-refractivity contribution < 1.29 is 22.7 Å². The van der Waals surface area contributed by atoms with Crippen molar-refractivity contribution in [3.63, 3.8) is 0 Å². The number of amidine groups is 1. The number of aryl methyl sites for hydroxylation is 1. The molecule has 0 bridgehead atoms. The molecule has 0 spiro atoms. The topological polar surface area (TPSA) is 91.7 Å². The number of halogens is 3. The quantitative estimate of drug-likeness (QED) is 0.469. The minimum Gasteiger partial charge on any atom is -0.381 e. The zero-order chi connectivity index (χ0) is 28.3. The van der Waals surface area contributed by atoms with Crippen molar-refractivity contribution in [1.29, 1.82) is 0 Å². The maximum Gasteiger partial charge on any atom is 0.225 e. The van der Waals surface area contributed by atoms with Crippen molar-refractivity contribution in [3.8, 4) is 0 Å². The van der Waals surface area contributed by atoms with E-state index in [1.54, 1.807) is 6.20 Å². The van der Waals surface area contributed by atoms with Crippen LogP contribution in [0.2, 0.25) is 0 Å². The summed E-state index contributed by atoms with van der Waals surface area (Å²) in [4.78, 5) is 28.5. The van der Waals surface area contributed by atoms with E-state index < -0.39 is 23.1 Å². The van der Waals surface area contributed by atoms with Crippen LogP contribution in [0.15, 0.2) is 23.3 Å². The highest BCUT2D eigenvalue weighted by Crippen LogP contribution is 2.34. The van der Waals surface area contributed by atoms with E-state index in [2.05, 4.69) is 20.6 Å². The highest BCUT2D eigenvalue weighted by Gasteiger charge is 2.32. The Balaban J connectivity index is 1.16. The number of likely N-dealkylation sites (tertiary alicyclic amines) is 1. The number of anilines is 2. The lowest BCUT2D eigenvalue weighted by molar-refractivity contribution is -0.135. The molecule has 4 heterocycles. The Morgan fingerprint density at radius 3 is 2.54 bits per heavy atom. The summed E-state index contributed by atoms with van der Waals surface area (Å²) in [5.74, 6) is -1.48. The molecule has 1 amide bonds. The maximum atomic E-state index is 14.5. The van der Waals surface area contributed by atoms with Crippen LogP contribution in [-0.4, -0.2) is 59.0 Å². The number of carbonyl (C=O) groups is 1. The van der Waals surface area contributed by atoms with Gasteiger partial charge in [-0.25, -0.2) is 28.1 Å². The van der Waals surface area contributed by atoms with Crippen molar-refractivity contribution in [2.24, 2.45) is 22.7 Å². The molecule has 0 radical (unpaired) electrons. The molecule has 2 aromatic rings. The zero-order valence-corrected chi connectivity index (χ0v) is 23.2. The zero-order valence-electron chi connectivity index (χ0n) is 23.2. The van der Waals surface area contributed by atoms with Crippen molar-refractivity contribution in [2.45, 2.75) is 70.3 Å². The van der Waals surface area contributed by atoms with Crippen LogP contribution in [-0.2, 0) is 16.0 Å². The summed E-state index contributed by atoms with van der Waals surface area (Å²) in [6.07, 6.45) is 10.4. The van der Waals surface area contributed by atoms with Gasteiger partial charge < -0.3 is 20.3 Å². The number of fused-ring (bicyclic) bond motifs is 1. The maximum absolute atomic E-state index is 14.5. The lowest BCUT2D eigenvalue weighted by Crippen LogP contribution is -2.37. The molecular formula is C30H37F3N6O2. The Kier molecular flexibility index (Phi) is 8.41. The van der Waals surface area contributed by atoms with Gasteiger partial charge in [-0.05, 0) is 70.1 Å². The molecule has 3 aliphatic heterocycles. The first-order valence-electron chi connectivity index (χ1n) is 14.9. The van der Waals surface area contributed by atoms with Crippen LogP contribution in [0.5, 0.6) is 0 Å². The van der Waals surface area contributed by atoms with Crippen LogP contribution in [0.25, 0.3) is 0 Å². The van der Waals surface area contributed by atoms with E-state index in [1.807, 2.05) is 4.90 Å². The van der Waals surface area contributed by atoms with E-state index in [0.29, 0.717) is 67.5 Å². The Morgan fingerprint density at radius 2 is 1.83 bits per heavy atom. The number of amides is 1. The molecule has 1 saturated carbocycles. The average Bonchev–Trinajstić information content (AvgIpc) is 3.66. The van der Waals surface area contributed by atoms with Crippen LogP contribution >= 0.6 is 0 Å². The van der Waals surface area contributed by atoms with Crippen molar-refractivity contribution >= 4 is 29.1 Å². The van der Waals surface area contributed by atoms with Crippen molar-refractivity contribution in [3.05, 3.63) is 41.5 Å². The second kappa shape index (κ2) is 12.3. The molecule has 11 heteroatoms. The van der Waals surface area contributed by atoms with Gasteiger partial charge in [-0.1, -0.05) is 0 Å². The minimum absolute atomic E-state index is 0.110. The normalized spacial score (nSPS) is 27.4. The first kappa shape index (κ1) is 27.9. The van der Waals surface area contributed by atoms with Gasteiger partial charge in [-0.3, -0.25) is 4.79 Å². The number of carbonyl (C=O) groups excluding carboxylic acids is 1. The average molecular weight is 571 g/mol. The van der Waals surface area contributed by atoms with Crippen LogP contribution < -0.4 is 10.6 Å². The largest absolute Gasteiger partial charge is 0.381 e. The molecule has 1 aromatic carbocycles. The van der Waals surface area contributed by atoms with Gasteiger partial charge in [0.1, 0.15) is 17.3 Å². The molecule has 41 heavy (non-hydrogen) atoms.